The lowest BCUT2D eigenvalue weighted by Gasteiger charge is -2.17. The smallest absolute Gasteiger partial charge is 0.246 e. The van der Waals surface area contributed by atoms with Crippen LogP contribution in [0.25, 0.3) is 0 Å². The van der Waals surface area contributed by atoms with E-state index in [2.05, 4.69) is 0 Å². The standard InChI is InChI=1S/C11H15NO5S/c1-17-10-4-2-3-5-11(10)18(15,16)12-6-8(13)9(14)7-12/h2-5,8-9,13-14H,6-7H2,1H3. The summed E-state index contributed by atoms with van der Waals surface area (Å²) in [5.41, 5.74) is 0. The molecule has 1 aliphatic heterocycles. The van der Waals surface area contributed by atoms with Crippen molar-refractivity contribution in [1.82, 2.24) is 4.31 Å². The molecule has 1 aliphatic rings. The minimum atomic E-state index is -3.76. The van der Waals surface area contributed by atoms with Crippen LogP contribution in [0.5, 0.6) is 5.75 Å². The number of β-amino-alcohol motifs (C(OH)–C–C–N with tert-alkyl or cyclic N) is 2. The van der Waals surface area contributed by atoms with Crippen LogP contribution in [0.3, 0.4) is 0 Å². The molecule has 6 nitrogen and oxygen atoms in total. The summed E-state index contributed by atoms with van der Waals surface area (Å²) in [6.07, 6.45) is -2.09. The summed E-state index contributed by atoms with van der Waals surface area (Å²) >= 11 is 0. The lowest BCUT2D eigenvalue weighted by atomic mass is 10.3. The zero-order valence-electron chi connectivity index (χ0n) is 9.85. The van der Waals surface area contributed by atoms with E-state index in [4.69, 9.17) is 4.74 Å². The Hall–Kier alpha value is -1.15. The molecule has 0 aromatic heterocycles. The first kappa shape index (κ1) is 13.3. The van der Waals surface area contributed by atoms with Gasteiger partial charge in [0, 0.05) is 13.1 Å². The van der Waals surface area contributed by atoms with Crippen LogP contribution in [0.15, 0.2) is 29.2 Å². The number of benzene rings is 1. The third kappa shape index (κ3) is 2.22. The van der Waals surface area contributed by atoms with Crippen LogP contribution >= 0.6 is 0 Å². The Bertz CT molecular complexity index is 520. The highest BCUT2D eigenvalue weighted by molar-refractivity contribution is 7.89. The number of aliphatic hydroxyl groups excluding tert-OH is 2. The van der Waals surface area contributed by atoms with E-state index >= 15 is 0 Å². The maximum atomic E-state index is 12.3. The number of sulfonamides is 1. The average Bonchev–Trinajstić information content (AvgIpc) is 2.70. The molecule has 0 radical (unpaired) electrons. The van der Waals surface area contributed by atoms with Gasteiger partial charge in [-0.25, -0.2) is 8.42 Å². The van der Waals surface area contributed by atoms with Gasteiger partial charge in [0.1, 0.15) is 10.6 Å². The van der Waals surface area contributed by atoms with Gasteiger partial charge in [0.25, 0.3) is 0 Å². The highest BCUT2D eigenvalue weighted by Crippen LogP contribution is 2.28. The molecule has 2 atom stereocenters. The summed E-state index contributed by atoms with van der Waals surface area (Å²) in [5.74, 6) is 0.244. The monoisotopic (exact) mass is 273 g/mol. The number of hydrogen-bond donors (Lipinski definition) is 2. The summed E-state index contributed by atoms with van der Waals surface area (Å²) in [7, 11) is -2.37. The Morgan fingerprint density at radius 2 is 1.78 bits per heavy atom. The average molecular weight is 273 g/mol. The van der Waals surface area contributed by atoms with Crippen LogP contribution in [0.2, 0.25) is 0 Å². The van der Waals surface area contributed by atoms with E-state index in [1.165, 1.54) is 13.2 Å². The van der Waals surface area contributed by atoms with E-state index in [0.717, 1.165) is 4.31 Å². The third-order valence-corrected chi connectivity index (χ3v) is 4.78. The number of nitrogens with zero attached hydrogens (tertiary/aromatic N) is 1. The Labute approximate surface area is 105 Å². The van der Waals surface area contributed by atoms with Crippen molar-refractivity contribution in [3.63, 3.8) is 0 Å². The zero-order chi connectivity index (χ0) is 13.3. The van der Waals surface area contributed by atoms with Gasteiger partial charge in [-0.05, 0) is 12.1 Å². The normalized spacial score (nSPS) is 25.3. The number of hydrogen-bond acceptors (Lipinski definition) is 5. The second-order valence-corrected chi connectivity index (χ2v) is 6.01. The number of aliphatic hydroxyl groups is 2. The van der Waals surface area contributed by atoms with Crippen molar-refractivity contribution in [3.05, 3.63) is 24.3 Å². The molecule has 100 valence electrons. The Morgan fingerprint density at radius 3 is 2.33 bits per heavy atom. The van der Waals surface area contributed by atoms with Gasteiger partial charge < -0.3 is 14.9 Å². The Kier molecular flexibility index (Phi) is 3.58. The summed E-state index contributed by atoms with van der Waals surface area (Å²) in [6.45, 7) is -0.219. The van der Waals surface area contributed by atoms with Crippen LogP contribution in [0.1, 0.15) is 0 Å². The van der Waals surface area contributed by atoms with Crippen molar-refractivity contribution < 1.29 is 23.4 Å². The highest BCUT2D eigenvalue weighted by Gasteiger charge is 2.38. The first-order valence-electron chi connectivity index (χ1n) is 5.46. The van der Waals surface area contributed by atoms with Crippen molar-refractivity contribution in [2.24, 2.45) is 0 Å². The molecule has 1 aromatic carbocycles. The van der Waals surface area contributed by atoms with Crippen LogP contribution in [-0.2, 0) is 10.0 Å². The minimum absolute atomic E-state index is 0.0359. The molecule has 0 amide bonds. The maximum absolute atomic E-state index is 12.3. The van der Waals surface area contributed by atoms with E-state index in [1.807, 2.05) is 0 Å². The fraction of sp³-hybridized carbons (Fsp3) is 0.455. The zero-order valence-corrected chi connectivity index (χ0v) is 10.7. The second-order valence-electron chi connectivity index (χ2n) is 4.11. The molecule has 7 heteroatoms. The predicted molar refractivity (Wildman–Crippen MR) is 63.8 cm³/mol. The van der Waals surface area contributed by atoms with Gasteiger partial charge in [0.2, 0.25) is 10.0 Å². The summed E-state index contributed by atoms with van der Waals surface area (Å²) in [4.78, 5) is 0.0359. The first-order valence-corrected chi connectivity index (χ1v) is 6.90. The molecule has 0 saturated carbocycles. The molecule has 0 spiro atoms. The summed E-state index contributed by atoms with van der Waals surface area (Å²) in [6, 6.07) is 6.25. The van der Waals surface area contributed by atoms with Crippen LogP contribution in [0.4, 0.5) is 0 Å². The molecule has 1 saturated heterocycles. The Balaban J connectivity index is 2.37. The molecule has 2 N–H and O–H groups in total. The predicted octanol–water partition coefficient (Wildman–Crippen LogP) is -0.579. The lowest BCUT2D eigenvalue weighted by molar-refractivity contribution is 0.0572. The molecule has 0 aliphatic carbocycles. The first-order chi connectivity index (χ1) is 8.46. The molecule has 2 unspecified atom stereocenters. The van der Waals surface area contributed by atoms with Gasteiger partial charge in [0.05, 0.1) is 19.3 Å². The van der Waals surface area contributed by atoms with Gasteiger partial charge in [-0.3, -0.25) is 0 Å². The molecule has 1 aromatic rings. The minimum Gasteiger partial charge on any atom is -0.495 e. The molecular weight excluding hydrogens is 258 g/mol. The van der Waals surface area contributed by atoms with Crippen molar-refractivity contribution in [1.29, 1.82) is 0 Å². The van der Waals surface area contributed by atoms with Gasteiger partial charge in [-0.2, -0.15) is 4.31 Å². The Morgan fingerprint density at radius 1 is 1.22 bits per heavy atom. The van der Waals surface area contributed by atoms with E-state index in [9.17, 15) is 18.6 Å². The molecule has 0 bridgehead atoms. The fourth-order valence-corrected chi connectivity index (χ4v) is 3.53. The van der Waals surface area contributed by atoms with Crippen LogP contribution < -0.4 is 4.74 Å². The highest BCUT2D eigenvalue weighted by atomic mass is 32.2. The van der Waals surface area contributed by atoms with Crippen molar-refractivity contribution in [2.75, 3.05) is 20.2 Å². The van der Waals surface area contributed by atoms with Crippen LogP contribution in [-0.4, -0.2) is 55.3 Å². The second kappa shape index (κ2) is 4.85. The number of ether oxygens (including phenoxy) is 1. The van der Waals surface area contributed by atoms with Gasteiger partial charge >= 0.3 is 0 Å². The van der Waals surface area contributed by atoms with Crippen molar-refractivity contribution >= 4 is 10.0 Å². The summed E-state index contributed by atoms with van der Waals surface area (Å²) < 4.78 is 30.7. The number of rotatable bonds is 3. The lowest BCUT2D eigenvalue weighted by Crippen LogP contribution is -2.30. The van der Waals surface area contributed by atoms with E-state index in [0.29, 0.717) is 0 Å². The molecule has 18 heavy (non-hydrogen) atoms. The van der Waals surface area contributed by atoms with Gasteiger partial charge in [-0.1, -0.05) is 12.1 Å². The van der Waals surface area contributed by atoms with Gasteiger partial charge in [0.15, 0.2) is 0 Å². The van der Waals surface area contributed by atoms with E-state index in [-0.39, 0.29) is 23.7 Å². The molecular formula is C11H15NO5S. The third-order valence-electron chi connectivity index (χ3n) is 2.91. The SMILES string of the molecule is COc1ccccc1S(=O)(=O)N1CC(O)C(O)C1. The van der Waals surface area contributed by atoms with E-state index < -0.39 is 22.2 Å². The van der Waals surface area contributed by atoms with Gasteiger partial charge in [-0.15, -0.1) is 0 Å². The van der Waals surface area contributed by atoms with E-state index in [1.54, 1.807) is 18.2 Å². The molecule has 1 fully saturated rings. The van der Waals surface area contributed by atoms with Crippen molar-refractivity contribution in [2.45, 2.75) is 17.1 Å². The quantitative estimate of drug-likeness (QED) is 0.769. The topological polar surface area (TPSA) is 87.1 Å². The van der Waals surface area contributed by atoms with Crippen LogP contribution in [0, 0.1) is 0 Å². The summed E-state index contributed by atoms with van der Waals surface area (Å²) in [5, 5.41) is 18.8. The molecule has 2 rings (SSSR count). The number of para-hydroxylation sites is 1. The fourth-order valence-electron chi connectivity index (χ4n) is 1.90. The van der Waals surface area contributed by atoms with Crippen molar-refractivity contribution in [3.8, 4) is 5.75 Å². The largest absolute Gasteiger partial charge is 0.495 e. The maximum Gasteiger partial charge on any atom is 0.246 e. The number of methoxy groups -OCH3 is 1. The molecule has 1 heterocycles.